The summed E-state index contributed by atoms with van der Waals surface area (Å²) in [6, 6.07) is 20.9. The van der Waals surface area contributed by atoms with Crippen molar-refractivity contribution < 1.29 is 8.78 Å². The molecule has 5 nitrogen and oxygen atoms in total. The van der Waals surface area contributed by atoms with Crippen LogP contribution >= 0.6 is 0 Å². The minimum atomic E-state index is -2.90. The molecule has 1 aliphatic carbocycles. The largest absolute Gasteiger partial charge is 0.355 e. The molecule has 0 radical (unpaired) electrons. The Labute approximate surface area is 234 Å². The first-order valence-electron chi connectivity index (χ1n) is 14.4. The second kappa shape index (κ2) is 10.8. The fraction of sp³-hybridized carbons (Fsp3) is 0.394. The minimum Gasteiger partial charge on any atom is -0.355 e. The van der Waals surface area contributed by atoms with Gasteiger partial charge in [-0.05, 0) is 93.6 Å². The third-order valence-corrected chi connectivity index (χ3v) is 8.32. The van der Waals surface area contributed by atoms with E-state index in [0.29, 0.717) is 17.3 Å². The number of piperidine rings is 1. The fourth-order valence-corrected chi connectivity index (χ4v) is 5.90. The third-order valence-electron chi connectivity index (χ3n) is 8.32. The van der Waals surface area contributed by atoms with Crippen molar-refractivity contribution in [1.29, 1.82) is 5.41 Å². The number of hydrogen-bond acceptors (Lipinski definition) is 4. The maximum Gasteiger partial charge on any atom is 0.270 e. The first-order valence-corrected chi connectivity index (χ1v) is 14.4. The van der Waals surface area contributed by atoms with Crippen molar-refractivity contribution in [2.45, 2.75) is 64.5 Å². The molecule has 6 rings (SSSR count). The van der Waals surface area contributed by atoms with Gasteiger partial charge in [0.1, 0.15) is 5.82 Å². The summed E-state index contributed by atoms with van der Waals surface area (Å²) < 4.78 is 30.1. The molecule has 2 heterocycles. The van der Waals surface area contributed by atoms with Crippen molar-refractivity contribution in [2.75, 3.05) is 18.4 Å². The van der Waals surface area contributed by atoms with Gasteiger partial charge in [0, 0.05) is 54.1 Å². The Kier molecular flexibility index (Phi) is 7.17. The number of hydrogen-bond donors (Lipinski definition) is 2. The van der Waals surface area contributed by atoms with Crippen molar-refractivity contribution in [3.63, 3.8) is 0 Å². The predicted molar refractivity (Wildman–Crippen MR) is 158 cm³/mol. The van der Waals surface area contributed by atoms with Gasteiger partial charge in [0.2, 0.25) is 0 Å². The predicted octanol–water partition coefficient (Wildman–Crippen LogP) is 8.07. The van der Waals surface area contributed by atoms with Crippen molar-refractivity contribution in [2.24, 2.45) is 5.92 Å². The summed E-state index contributed by atoms with van der Waals surface area (Å²) >= 11 is 0. The molecule has 0 amide bonds. The molecule has 0 atom stereocenters. The highest BCUT2D eigenvalue weighted by Gasteiger charge is 2.29. The monoisotopic (exact) mass is 541 g/mol. The summed E-state index contributed by atoms with van der Waals surface area (Å²) in [5, 5.41) is 11.6. The van der Waals surface area contributed by atoms with Crippen molar-refractivity contribution >= 4 is 28.1 Å². The van der Waals surface area contributed by atoms with Crippen LogP contribution < -0.4 is 5.32 Å². The summed E-state index contributed by atoms with van der Waals surface area (Å²) in [4.78, 5) is 7.58. The van der Waals surface area contributed by atoms with Gasteiger partial charge in [-0.1, -0.05) is 30.3 Å². The molecular formula is C33H37F2N5. The quantitative estimate of drug-likeness (QED) is 0.211. The van der Waals surface area contributed by atoms with Crippen LogP contribution in [0, 0.1) is 11.3 Å². The van der Waals surface area contributed by atoms with Crippen LogP contribution in [0.4, 0.5) is 20.2 Å². The van der Waals surface area contributed by atoms with Crippen molar-refractivity contribution in [3.8, 4) is 0 Å². The summed E-state index contributed by atoms with van der Waals surface area (Å²) in [5.41, 5.74) is 6.06. The van der Waals surface area contributed by atoms with E-state index in [-0.39, 0.29) is 5.56 Å². The first-order chi connectivity index (χ1) is 19.2. The van der Waals surface area contributed by atoms with Gasteiger partial charge in [-0.3, -0.25) is 4.90 Å². The molecule has 40 heavy (non-hydrogen) atoms. The van der Waals surface area contributed by atoms with E-state index in [2.05, 4.69) is 51.2 Å². The zero-order valence-electron chi connectivity index (χ0n) is 23.3. The molecule has 7 heteroatoms. The number of rotatable bonds is 9. The van der Waals surface area contributed by atoms with E-state index < -0.39 is 5.92 Å². The van der Waals surface area contributed by atoms with E-state index in [0.717, 1.165) is 74.2 Å². The molecule has 0 spiro atoms. The van der Waals surface area contributed by atoms with Gasteiger partial charge < -0.3 is 15.3 Å². The van der Waals surface area contributed by atoms with Gasteiger partial charge in [-0.25, -0.2) is 13.8 Å². The van der Waals surface area contributed by atoms with Gasteiger partial charge >= 0.3 is 0 Å². The van der Waals surface area contributed by atoms with Gasteiger partial charge in [0.15, 0.2) is 0 Å². The average molecular weight is 542 g/mol. The summed E-state index contributed by atoms with van der Waals surface area (Å²) in [5.74, 6) is -0.370. The van der Waals surface area contributed by atoms with Crippen LogP contribution in [0.3, 0.4) is 0 Å². The van der Waals surface area contributed by atoms with Crippen LogP contribution in [0.2, 0.25) is 0 Å². The molecule has 1 saturated carbocycles. The van der Waals surface area contributed by atoms with Gasteiger partial charge in [-0.2, -0.15) is 0 Å². The van der Waals surface area contributed by atoms with E-state index in [1.54, 1.807) is 19.1 Å². The Balaban J connectivity index is 1.13. The molecule has 208 valence electrons. The lowest BCUT2D eigenvalue weighted by molar-refractivity contribution is 0.0175. The topological polar surface area (TPSA) is 56.9 Å². The number of likely N-dealkylation sites (tertiary alicyclic amines) is 1. The van der Waals surface area contributed by atoms with Crippen LogP contribution in [0.25, 0.3) is 11.0 Å². The number of benzene rings is 3. The number of fused-ring (bicyclic) bond motifs is 1. The standard InChI is InChI=1S/C33H37F2N5/c1-22(36)28-18-24(12-13-29(28)37-27-7-5-6-26(19-27)33(2,34)35)20-39-16-14-25(15-17-39)32-38-30-8-3-4-9-31(30)40(32)21-23-10-11-23/h3-9,12-13,18-19,23,25,36-37H,10-11,14-17,20-21H2,1-2H3. The van der Waals surface area contributed by atoms with E-state index in [4.69, 9.17) is 10.4 Å². The normalized spacial score (nSPS) is 16.9. The lowest BCUT2D eigenvalue weighted by Gasteiger charge is -2.32. The van der Waals surface area contributed by atoms with E-state index in [1.807, 2.05) is 6.07 Å². The van der Waals surface area contributed by atoms with Gasteiger partial charge in [0.25, 0.3) is 5.92 Å². The zero-order chi connectivity index (χ0) is 27.9. The molecular weight excluding hydrogens is 504 g/mol. The Bertz CT molecular complexity index is 1520. The van der Waals surface area contributed by atoms with Crippen LogP contribution in [0.5, 0.6) is 0 Å². The molecule has 0 bridgehead atoms. The summed E-state index contributed by atoms with van der Waals surface area (Å²) in [6.07, 6.45) is 4.83. The number of nitrogens with zero attached hydrogens (tertiary/aromatic N) is 3. The lowest BCUT2D eigenvalue weighted by atomic mass is 9.95. The number of aromatic nitrogens is 2. The Morgan fingerprint density at radius 3 is 2.50 bits per heavy atom. The average Bonchev–Trinajstić information content (AvgIpc) is 3.69. The van der Waals surface area contributed by atoms with Crippen LogP contribution in [0.15, 0.2) is 66.7 Å². The van der Waals surface area contributed by atoms with Crippen LogP contribution in [0.1, 0.15) is 68.0 Å². The Morgan fingerprint density at radius 2 is 1.77 bits per heavy atom. The first kappa shape index (κ1) is 26.6. The second-order valence-electron chi connectivity index (χ2n) is 11.7. The maximum atomic E-state index is 13.8. The molecule has 1 aliphatic heterocycles. The smallest absolute Gasteiger partial charge is 0.270 e. The number of imidazole rings is 1. The van der Waals surface area contributed by atoms with Crippen molar-refractivity contribution in [1.82, 2.24) is 14.5 Å². The Morgan fingerprint density at radius 1 is 1.00 bits per heavy atom. The zero-order valence-corrected chi connectivity index (χ0v) is 23.3. The summed E-state index contributed by atoms with van der Waals surface area (Å²) in [7, 11) is 0. The second-order valence-corrected chi connectivity index (χ2v) is 11.7. The van der Waals surface area contributed by atoms with E-state index >= 15 is 0 Å². The molecule has 4 aromatic rings. The molecule has 1 aromatic heterocycles. The summed E-state index contributed by atoms with van der Waals surface area (Å²) in [6.45, 7) is 6.60. The molecule has 1 saturated heterocycles. The highest BCUT2D eigenvalue weighted by atomic mass is 19.3. The highest BCUT2D eigenvalue weighted by molar-refractivity contribution is 6.02. The van der Waals surface area contributed by atoms with Crippen LogP contribution in [-0.4, -0.2) is 33.3 Å². The number of anilines is 2. The SMILES string of the molecule is CC(=N)c1cc(CN2CCC(c3nc4ccccc4n3CC3CC3)CC2)ccc1Nc1cccc(C(C)(F)F)c1. The molecule has 2 N–H and O–H groups in total. The van der Waals surface area contributed by atoms with E-state index in [9.17, 15) is 8.78 Å². The number of para-hydroxylation sites is 2. The van der Waals surface area contributed by atoms with Gasteiger partial charge in [-0.15, -0.1) is 0 Å². The fourth-order valence-electron chi connectivity index (χ4n) is 5.90. The van der Waals surface area contributed by atoms with E-state index in [1.165, 1.54) is 36.3 Å². The lowest BCUT2D eigenvalue weighted by Crippen LogP contribution is -2.33. The third kappa shape index (κ3) is 5.80. The van der Waals surface area contributed by atoms with Gasteiger partial charge in [0.05, 0.1) is 11.0 Å². The van der Waals surface area contributed by atoms with Crippen LogP contribution in [-0.2, 0) is 19.0 Å². The molecule has 0 unspecified atom stereocenters. The van der Waals surface area contributed by atoms with Crippen molar-refractivity contribution in [3.05, 3.63) is 89.2 Å². The number of nitrogens with one attached hydrogen (secondary N) is 2. The Hall–Kier alpha value is -3.58. The number of alkyl halides is 2. The molecule has 2 aliphatic rings. The highest BCUT2D eigenvalue weighted by Crippen LogP contribution is 2.36. The maximum absolute atomic E-state index is 13.8. The molecule has 2 fully saturated rings. The number of halogens is 2. The minimum absolute atomic E-state index is 0.0336. The molecule has 3 aromatic carbocycles.